The zero-order chi connectivity index (χ0) is 14.8. The van der Waals surface area contributed by atoms with Crippen molar-refractivity contribution in [3.8, 4) is 0 Å². The van der Waals surface area contributed by atoms with Crippen molar-refractivity contribution in [3.05, 3.63) is 34.7 Å². The summed E-state index contributed by atoms with van der Waals surface area (Å²) in [6.07, 6.45) is 2.67. The molecule has 0 radical (unpaired) electrons. The molecule has 0 spiro atoms. The molecular weight excluding hydrogens is 326 g/mol. The van der Waals surface area contributed by atoms with E-state index in [0.29, 0.717) is 4.34 Å². The van der Waals surface area contributed by atoms with Gasteiger partial charge in [0.25, 0.3) is 0 Å². The van der Waals surface area contributed by atoms with Crippen molar-refractivity contribution >= 4 is 38.9 Å². The van der Waals surface area contributed by atoms with Gasteiger partial charge in [0.05, 0.1) is 10.7 Å². The maximum Gasteiger partial charge on any atom is 0.356 e. The monoisotopic (exact) mass is 335 g/mol. The molecule has 0 aliphatic carbocycles. The summed E-state index contributed by atoms with van der Waals surface area (Å²) >= 11 is 6.65. The van der Waals surface area contributed by atoms with Crippen molar-refractivity contribution < 1.29 is 18.3 Å². The standard InChI is InChI=1S/C10H10ClN3O4S2/c11-8-1-2-9(19-8)20(17,18)13-3-4-14-5-7(10(15)16)12-6-14/h1-2,5-6,13H,3-4H2,(H,15,16). The van der Waals surface area contributed by atoms with Gasteiger partial charge in [0.15, 0.2) is 5.69 Å². The Morgan fingerprint density at radius 1 is 1.50 bits per heavy atom. The van der Waals surface area contributed by atoms with Crippen molar-refractivity contribution in [3.63, 3.8) is 0 Å². The molecule has 20 heavy (non-hydrogen) atoms. The number of sulfonamides is 1. The molecule has 108 valence electrons. The molecule has 2 heterocycles. The number of hydrogen-bond acceptors (Lipinski definition) is 5. The lowest BCUT2D eigenvalue weighted by atomic mass is 10.5. The fourth-order valence-electron chi connectivity index (χ4n) is 1.42. The van der Waals surface area contributed by atoms with Crippen LogP contribution in [0.15, 0.2) is 28.9 Å². The number of halogens is 1. The number of carboxylic acids is 1. The van der Waals surface area contributed by atoms with Crippen molar-refractivity contribution in [2.45, 2.75) is 10.8 Å². The van der Waals surface area contributed by atoms with Gasteiger partial charge in [-0.2, -0.15) is 0 Å². The highest BCUT2D eigenvalue weighted by Crippen LogP contribution is 2.25. The van der Waals surface area contributed by atoms with Gasteiger partial charge in [-0.05, 0) is 12.1 Å². The summed E-state index contributed by atoms with van der Waals surface area (Å²) in [7, 11) is -3.59. The molecule has 0 aliphatic heterocycles. The van der Waals surface area contributed by atoms with Crippen molar-refractivity contribution in [2.24, 2.45) is 0 Å². The zero-order valence-corrected chi connectivity index (χ0v) is 12.4. The van der Waals surface area contributed by atoms with Crippen LogP contribution in [0.25, 0.3) is 0 Å². The molecule has 2 aromatic heterocycles. The molecule has 0 aromatic carbocycles. The maximum absolute atomic E-state index is 11.9. The van der Waals surface area contributed by atoms with Gasteiger partial charge in [-0.3, -0.25) is 0 Å². The molecule has 7 nitrogen and oxygen atoms in total. The summed E-state index contributed by atoms with van der Waals surface area (Å²) in [6.45, 7) is 0.395. The molecule has 2 aromatic rings. The molecule has 10 heteroatoms. The SMILES string of the molecule is O=C(O)c1cn(CCNS(=O)(=O)c2ccc(Cl)s2)cn1. The van der Waals surface area contributed by atoms with Crippen LogP contribution in [0.4, 0.5) is 0 Å². The number of hydrogen-bond donors (Lipinski definition) is 2. The molecule has 0 fully saturated rings. The molecule has 0 bridgehead atoms. The normalized spacial score (nSPS) is 11.7. The second-order valence-corrected chi connectivity index (χ2v) is 7.47. The second kappa shape index (κ2) is 5.92. The number of aromatic nitrogens is 2. The summed E-state index contributed by atoms with van der Waals surface area (Å²) < 4.78 is 28.2. The molecule has 0 aliphatic rings. The van der Waals surface area contributed by atoms with Gasteiger partial charge < -0.3 is 9.67 Å². The van der Waals surface area contributed by atoms with E-state index in [1.165, 1.54) is 29.2 Å². The number of imidazole rings is 1. The first-order chi connectivity index (χ1) is 9.38. The Balaban J connectivity index is 1.93. The third kappa shape index (κ3) is 3.57. The van der Waals surface area contributed by atoms with Crippen molar-refractivity contribution in [1.29, 1.82) is 0 Å². The van der Waals surface area contributed by atoms with Gasteiger partial charge in [0, 0.05) is 19.3 Å². The van der Waals surface area contributed by atoms with Crippen LogP contribution in [0.5, 0.6) is 0 Å². The van der Waals surface area contributed by atoms with Crippen LogP contribution >= 0.6 is 22.9 Å². The summed E-state index contributed by atoms with van der Waals surface area (Å²) in [4.78, 5) is 14.3. The lowest BCUT2D eigenvalue weighted by Gasteiger charge is -2.05. The molecule has 0 unspecified atom stereocenters. The van der Waals surface area contributed by atoms with Gasteiger partial charge in [0.2, 0.25) is 10.0 Å². The average molecular weight is 336 g/mol. The molecule has 0 saturated carbocycles. The predicted octanol–water partition coefficient (Wildman–Crippen LogP) is 1.27. The van der Waals surface area contributed by atoms with Gasteiger partial charge in [-0.1, -0.05) is 11.6 Å². The van der Waals surface area contributed by atoms with E-state index in [9.17, 15) is 13.2 Å². The van der Waals surface area contributed by atoms with Gasteiger partial charge in [-0.25, -0.2) is 22.9 Å². The Bertz CT molecular complexity index is 722. The highest BCUT2D eigenvalue weighted by Gasteiger charge is 2.16. The minimum absolute atomic E-state index is 0.0853. The molecule has 0 atom stereocenters. The number of rotatable bonds is 6. The highest BCUT2D eigenvalue weighted by atomic mass is 35.5. The Morgan fingerprint density at radius 3 is 2.80 bits per heavy atom. The topological polar surface area (TPSA) is 101 Å². The van der Waals surface area contributed by atoms with Crippen LogP contribution < -0.4 is 4.72 Å². The Labute approximate surface area is 123 Å². The van der Waals surface area contributed by atoms with E-state index >= 15 is 0 Å². The van der Waals surface area contributed by atoms with E-state index in [-0.39, 0.29) is 23.0 Å². The Morgan fingerprint density at radius 2 is 2.25 bits per heavy atom. The van der Waals surface area contributed by atoms with Crippen molar-refractivity contribution in [2.75, 3.05) is 6.54 Å². The Kier molecular flexibility index (Phi) is 4.43. The first kappa shape index (κ1) is 15.0. The predicted molar refractivity (Wildman–Crippen MR) is 73.7 cm³/mol. The quantitative estimate of drug-likeness (QED) is 0.828. The first-order valence-electron chi connectivity index (χ1n) is 5.38. The van der Waals surface area contributed by atoms with Crippen LogP contribution in [-0.2, 0) is 16.6 Å². The fourth-order valence-corrected chi connectivity index (χ4v) is 3.96. The summed E-state index contributed by atoms with van der Waals surface area (Å²) in [6, 6.07) is 2.94. The number of thiophene rings is 1. The fraction of sp³-hybridized carbons (Fsp3) is 0.200. The minimum atomic E-state index is -3.59. The highest BCUT2D eigenvalue weighted by molar-refractivity contribution is 7.91. The largest absolute Gasteiger partial charge is 0.476 e. The smallest absolute Gasteiger partial charge is 0.356 e. The Hall–Kier alpha value is -1.42. The molecular formula is C10H10ClN3O4S2. The summed E-state index contributed by atoms with van der Waals surface area (Å²) in [5.74, 6) is -1.13. The van der Waals surface area contributed by atoms with Gasteiger partial charge in [0.1, 0.15) is 4.21 Å². The maximum atomic E-state index is 11.9. The van der Waals surface area contributed by atoms with Crippen LogP contribution in [0.1, 0.15) is 10.5 Å². The van der Waals surface area contributed by atoms with Crippen LogP contribution in [0.2, 0.25) is 4.34 Å². The summed E-state index contributed by atoms with van der Waals surface area (Å²) in [5.41, 5.74) is -0.0853. The number of carbonyl (C=O) groups is 1. The van der Waals surface area contributed by atoms with E-state index in [1.807, 2.05) is 0 Å². The van der Waals surface area contributed by atoms with Gasteiger partial charge in [-0.15, -0.1) is 11.3 Å². The average Bonchev–Trinajstić information content (AvgIpc) is 2.98. The van der Waals surface area contributed by atoms with E-state index in [0.717, 1.165) is 11.3 Å². The van der Waals surface area contributed by atoms with Crippen molar-refractivity contribution in [1.82, 2.24) is 14.3 Å². The summed E-state index contributed by atoms with van der Waals surface area (Å²) in [5, 5.41) is 8.71. The second-order valence-electron chi connectivity index (χ2n) is 3.76. The van der Waals surface area contributed by atoms with E-state index in [2.05, 4.69) is 9.71 Å². The van der Waals surface area contributed by atoms with Gasteiger partial charge >= 0.3 is 5.97 Å². The molecule has 2 rings (SSSR count). The number of carboxylic acid groups (broad SMARTS) is 1. The third-order valence-electron chi connectivity index (χ3n) is 2.33. The molecule has 0 amide bonds. The third-order valence-corrected chi connectivity index (χ3v) is 5.51. The zero-order valence-electron chi connectivity index (χ0n) is 9.98. The molecule has 2 N–H and O–H groups in total. The van der Waals surface area contributed by atoms with E-state index in [1.54, 1.807) is 0 Å². The van der Waals surface area contributed by atoms with E-state index in [4.69, 9.17) is 16.7 Å². The lowest BCUT2D eigenvalue weighted by Crippen LogP contribution is -2.26. The number of nitrogens with zero attached hydrogens (tertiary/aromatic N) is 2. The van der Waals surface area contributed by atoms with Crippen LogP contribution in [0, 0.1) is 0 Å². The minimum Gasteiger partial charge on any atom is -0.476 e. The van der Waals surface area contributed by atoms with E-state index < -0.39 is 16.0 Å². The van der Waals surface area contributed by atoms with Crippen LogP contribution in [-0.4, -0.2) is 35.6 Å². The molecule has 0 saturated heterocycles. The number of nitrogens with one attached hydrogen (secondary N) is 1. The van der Waals surface area contributed by atoms with Crippen LogP contribution in [0.3, 0.4) is 0 Å². The lowest BCUT2D eigenvalue weighted by molar-refractivity contribution is 0.0691. The first-order valence-corrected chi connectivity index (χ1v) is 8.06. The number of aromatic carboxylic acids is 1.